The SMILES string of the molecule is CCCCNC(=O)N=NC(=O)NC. The first-order chi connectivity index (χ1) is 6.20. The highest BCUT2D eigenvalue weighted by Gasteiger charge is 1.97. The molecule has 0 atom stereocenters. The van der Waals surface area contributed by atoms with Crippen molar-refractivity contribution in [2.24, 2.45) is 10.2 Å². The maximum Gasteiger partial charge on any atom is 0.359 e. The molecular formula is C7H14N4O2. The van der Waals surface area contributed by atoms with Crippen molar-refractivity contribution in [3.05, 3.63) is 0 Å². The summed E-state index contributed by atoms with van der Waals surface area (Å²) in [5.74, 6) is 0. The first-order valence-electron chi connectivity index (χ1n) is 4.12. The van der Waals surface area contributed by atoms with Crippen molar-refractivity contribution >= 4 is 12.1 Å². The predicted molar refractivity (Wildman–Crippen MR) is 47.6 cm³/mol. The average molecular weight is 186 g/mol. The summed E-state index contributed by atoms with van der Waals surface area (Å²) in [5.41, 5.74) is 0. The Morgan fingerprint density at radius 1 is 1.23 bits per heavy atom. The molecule has 0 aliphatic heterocycles. The third kappa shape index (κ3) is 6.92. The van der Waals surface area contributed by atoms with Crippen LogP contribution in [0.4, 0.5) is 9.59 Å². The lowest BCUT2D eigenvalue weighted by Gasteiger charge is -1.96. The number of carbonyl (C=O) groups excluding carboxylic acids is 2. The zero-order chi connectivity index (χ0) is 10.1. The van der Waals surface area contributed by atoms with E-state index in [1.807, 2.05) is 6.92 Å². The fourth-order valence-corrected chi connectivity index (χ4v) is 0.548. The van der Waals surface area contributed by atoms with Gasteiger partial charge in [-0.3, -0.25) is 0 Å². The van der Waals surface area contributed by atoms with Crippen LogP contribution in [0.1, 0.15) is 19.8 Å². The van der Waals surface area contributed by atoms with Gasteiger partial charge in [0.1, 0.15) is 0 Å². The van der Waals surface area contributed by atoms with Crippen LogP contribution >= 0.6 is 0 Å². The van der Waals surface area contributed by atoms with E-state index in [9.17, 15) is 9.59 Å². The molecule has 13 heavy (non-hydrogen) atoms. The van der Waals surface area contributed by atoms with E-state index < -0.39 is 12.1 Å². The maximum atomic E-state index is 10.8. The highest BCUT2D eigenvalue weighted by molar-refractivity contribution is 5.79. The molecule has 0 saturated heterocycles. The van der Waals surface area contributed by atoms with Gasteiger partial charge in [0.15, 0.2) is 0 Å². The van der Waals surface area contributed by atoms with Crippen molar-refractivity contribution in [1.29, 1.82) is 0 Å². The van der Waals surface area contributed by atoms with Crippen molar-refractivity contribution in [2.75, 3.05) is 13.6 Å². The van der Waals surface area contributed by atoms with Crippen LogP contribution < -0.4 is 10.6 Å². The van der Waals surface area contributed by atoms with Crippen LogP contribution in [0.2, 0.25) is 0 Å². The van der Waals surface area contributed by atoms with Gasteiger partial charge in [0.05, 0.1) is 0 Å². The van der Waals surface area contributed by atoms with E-state index in [0.717, 1.165) is 12.8 Å². The fraction of sp³-hybridized carbons (Fsp3) is 0.714. The lowest BCUT2D eigenvalue weighted by Crippen LogP contribution is -2.21. The molecule has 0 bridgehead atoms. The van der Waals surface area contributed by atoms with Crippen LogP contribution in [0.15, 0.2) is 10.2 Å². The molecule has 0 aromatic rings. The Morgan fingerprint density at radius 3 is 2.38 bits per heavy atom. The molecule has 0 aromatic carbocycles. The standard InChI is InChI=1S/C7H14N4O2/c1-3-4-5-9-7(13)11-10-6(12)8-2/h3-5H2,1-2H3,(H,8,12)(H,9,13). The van der Waals surface area contributed by atoms with Gasteiger partial charge >= 0.3 is 12.1 Å². The minimum absolute atomic E-state index is 0.558. The minimum atomic E-state index is -0.634. The number of carbonyl (C=O) groups is 2. The number of nitrogens with one attached hydrogen (secondary N) is 2. The highest BCUT2D eigenvalue weighted by atomic mass is 16.2. The van der Waals surface area contributed by atoms with E-state index >= 15 is 0 Å². The van der Waals surface area contributed by atoms with Gasteiger partial charge in [-0.2, -0.15) is 0 Å². The Bertz CT molecular complexity index is 203. The Balaban J connectivity index is 3.61. The van der Waals surface area contributed by atoms with E-state index in [0.29, 0.717) is 6.54 Å². The number of unbranched alkanes of at least 4 members (excludes halogenated alkanes) is 1. The number of rotatable bonds is 3. The molecule has 0 spiro atoms. The van der Waals surface area contributed by atoms with Crippen molar-refractivity contribution in [3.8, 4) is 0 Å². The van der Waals surface area contributed by atoms with Crippen LogP contribution in [0.3, 0.4) is 0 Å². The van der Waals surface area contributed by atoms with Gasteiger partial charge in [-0.25, -0.2) is 9.59 Å². The summed E-state index contributed by atoms with van der Waals surface area (Å²) in [5, 5.41) is 10.9. The van der Waals surface area contributed by atoms with Gasteiger partial charge < -0.3 is 10.6 Å². The molecule has 6 heteroatoms. The molecule has 0 rings (SSSR count). The quantitative estimate of drug-likeness (QED) is 0.514. The van der Waals surface area contributed by atoms with Gasteiger partial charge in [0.2, 0.25) is 0 Å². The summed E-state index contributed by atoms with van der Waals surface area (Å²) in [6, 6.07) is -1.22. The minimum Gasteiger partial charge on any atom is -0.338 e. The van der Waals surface area contributed by atoms with Crippen molar-refractivity contribution < 1.29 is 9.59 Å². The molecule has 2 N–H and O–H groups in total. The molecule has 0 saturated carbocycles. The first kappa shape index (κ1) is 11.5. The molecule has 0 aromatic heterocycles. The van der Waals surface area contributed by atoms with Crippen LogP contribution in [-0.4, -0.2) is 25.7 Å². The lowest BCUT2D eigenvalue weighted by atomic mass is 10.3. The summed E-state index contributed by atoms with van der Waals surface area (Å²) in [6.07, 6.45) is 1.88. The molecule has 0 radical (unpaired) electrons. The van der Waals surface area contributed by atoms with Crippen LogP contribution in [-0.2, 0) is 0 Å². The molecule has 0 aliphatic rings. The monoisotopic (exact) mass is 186 g/mol. The molecular weight excluding hydrogens is 172 g/mol. The van der Waals surface area contributed by atoms with E-state index in [4.69, 9.17) is 0 Å². The molecule has 0 unspecified atom stereocenters. The zero-order valence-electron chi connectivity index (χ0n) is 7.83. The third-order valence-corrected chi connectivity index (χ3v) is 1.25. The predicted octanol–water partition coefficient (Wildman–Crippen LogP) is 1.29. The summed E-state index contributed by atoms with van der Waals surface area (Å²) in [4.78, 5) is 21.3. The van der Waals surface area contributed by atoms with Gasteiger partial charge in [-0.05, 0) is 6.42 Å². The Morgan fingerprint density at radius 2 is 1.85 bits per heavy atom. The average Bonchev–Trinajstić information content (AvgIpc) is 2.14. The third-order valence-electron chi connectivity index (χ3n) is 1.25. The van der Waals surface area contributed by atoms with Crippen molar-refractivity contribution in [1.82, 2.24) is 10.6 Å². The van der Waals surface area contributed by atoms with Gasteiger partial charge in [-0.1, -0.05) is 23.6 Å². The highest BCUT2D eigenvalue weighted by Crippen LogP contribution is 1.84. The number of amides is 4. The zero-order valence-corrected chi connectivity index (χ0v) is 7.83. The number of nitrogens with zero attached hydrogens (tertiary/aromatic N) is 2. The van der Waals surface area contributed by atoms with Crippen molar-refractivity contribution in [2.45, 2.75) is 19.8 Å². The van der Waals surface area contributed by atoms with E-state index in [2.05, 4.69) is 20.9 Å². The van der Waals surface area contributed by atoms with E-state index in [1.165, 1.54) is 7.05 Å². The van der Waals surface area contributed by atoms with Crippen molar-refractivity contribution in [3.63, 3.8) is 0 Å². The molecule has 6 nitrogen and oxygen atoms in total. The largest absolute Gasteiger partial charge is 0.359 e. The van der Waals surface area contributed by atoms with Gasteiger partial charge in [0.25, 0.3) is 0 Å². The van der Waals surface area contributed by atoms with E-state index in [1.54, 1.807) is 0 Å². The first-order valence-corrected chi connectivity index (χ1v) is 4.12. The van der Waals surface area contributed by atoms with E-state index in [-0.39, 0.29) is 0 Å². The molecule has 0 fully saturated rings. The second kappa shape index (κ2) is 7.20. The second-order valence-electron chi connectivity index (χ2n) is 2.34. The number of hydrogen-bond donors (Lipinski definition) is 2. The molecule has 4 amide bonds. The molecule has 0 heterocycles. The van der Waals surface area contributed by atoms with Crippen LogP contribution in [0.5, 0.6) is 0 Å². The Kier molecular flexibility index (Phi) is 6.39. The number of urea groups is 2. The number of hydrogen-bond acceptors (Lipinski definition) is 2. The maximum absolute atomic E-state index is 10.8. The van der Waals surface area contributed by atoms with Gasteiger partial charge in [-0.15, -0.1) is 0 Å². The number of azo groups is 1. The molecule has 0 aliphatic carbocycles. The molecule has 74 valence electrons. The fourth-order valence-electron chi connectivity index (χ4n) is 0.548. The summed E-state index contributed by atoms with van der Waals surface area (Å²) < 4.78 is 0. The summed E-state index contributed by atoms with van der Waals surface area (Å²) >= 11 is 0. The summed E-state index contributed by atoms with van der Waals surface area (Å²) in [6.45, 7) is 2.57. The topological polar surface area (TPSA) is 82.9 Å². The summed E-state index contributed by atoms with van der Waals surface area (Å²) in [7, 11) is 1.41. The Labute approximate surface area is 76.8 Å². The smallest absolute Gasteiger partial charge is 0.338 e. The second-order valence-corrected chi connectivity index (χ2v) is 2.34. The lowest BCUT2D eigenvalue weighted by molar-refractivity contribution is 0.242. The normalized spacial score (nSPS) is 10.0. The Hall–Kier alpha value is -1.46. The van der Waals surface area contributed by atoms with Crippen LogP contribution in [0, 0.1) is 0 Å². The van der Waals surface area contributed by atoms with Crippen LogP contribution in [0.25, 0.3) is 0 Å². The van der Waals surface area contributed by atoms with Gasteiger partial charge in [0, 0.05) is 13.6 Å².